The van der Waals surface area contributed by atoms with Crippen LogP contribution in [0.1, 0.15) is 0 Å². The van der Waals surface area contributed by atoms with Crippen LogP contribution in [0.4, 0.5) is 0 Å². The molecule has 1 radical (unpaired) electrons. The van der Waals surface area contributed by atoms with Crippen molar-refractivity contribution >= 4 is 67.8 Å². The van der Waals surface area contributed by atoms with E-state index in [1.807, 2.05) is 6.07 Å². The third-order valence-electron chi connectivity index (χ3n) is 0.842. The third kappa shape index (κ3) is 2.18. The van der Waals surface area contributed by atoms with E-state index in [9.17, 15) is 0 Å². The number of rotatable bonds is 0. The van der Waals surface area contributed by atoms with Crippen LogP contribution in [0.15, 0.2) is 12.1 Å². The Morgan fingerprint density at radius 1 is 1.22 bits per heavy atom. The highest BCUT2D eigenvalue weighted by Gasteiger charge is 1.97. The maximum Gasteiger partial charge on any atom is 0.0403 e. The lowest BCUT2D eigenvalue weighted by Gasteiger charge is -1.95. The molecule has 1 aromatic rings. The van der Waals surface area contributed by atoms with E-state index in [1.165, 1.54) is 10.7 Å². The summed E-state index contributed by atoms with van der Waals surface area (Å²) in [6.45, 7) is 0. The van der Waals surface area contributed by atoms with Gasteiger partial charge in [0.25, 0.3) is 0 Å². The quantitative estimate of drug-likeness (QED) is 0.417. The van der Waals surface area contributed by atoms with Crippen molar-refractivity contribution in [1.29, 1.82) is 0 Å². The second-order valence-electron chi connectivity index (χ2n) is 1.45. The van der Waals surface area contributed by atoms with Gasteiger partial charge in [0.15, 0.2) is 0 Å². The van der Waals surface area contributed by atoms with Gasteiger partial charge in [-0.1, -0.05) is 6.07 Å². The van der Waals surface area contributed by atoms with Gasteiger partial charge in [0.2, 0.25) is 0 Å². The summed E-state index contributed by atoms with van der Waals surface area (Å²) in [5.74, 6) is 0. The van der Waals surface area contributed by atoms with Crippen molar-refractivity contribution in [3.8, 4) is 0 Å². The lowest BCUT2D eigenvalue weighted by atomic mass is 10.4. The summed E-state index contributed by atoms with van der Waals surface area (Å²) in [5.41, 5.74) is 0. The molecule has 9 heavy (non-hydrogen) atoms. The molecule has 1 rings (SSSR count). The Hall–Kier alpha value is 1.41. The van der Waals surface area contributed by atoms with Crippen LogP contribution in [-0.2, 0) is 0 Å². The van der Waals surface area contributed by atoms with Crippen molar-refractivity contribution < 1.29 is 0 Å². The molecule has 0 saturated heterocycles. The van der Waals surface area contributed by atoms with Crippen molar-refractivity contribution in [1.82, 2.24) is 0 Å². The predicted octanol–water partition coefficient (Wildman–Crippen LogP) is 3.30. The largest absolute Gasteiger partial charge is 0.0522 e. The number of benzene rings is 1. The summed E-state index contributed by atoms with van der Waals surface area (Å²) in [6.07, 6.45) is 0. The zero-order valence-electron chi connectivity index (χ0n) is 4.29. The summed E-state index contributed by atoms with van der Waals surface area (Å²) < 4.78 is 3.81. The van der Waals surface area contributed by atoms with E-state index in [4.69, 9.17) is 0 Å². The third-order valence-corrected chi connectivity index (χ3v) is 5.78. The van der Waals surface area contributed by atoms with Gasteiger partial charge in [-0.2, -0.15) is 0 Å². The average Bonchev–Trinajstić information content (AvgIpc) is 1.83. The standard InChI is InChI=1S/C6H2I3/c7-4-2-1-3-5(8)6(4)9/h1-2H. The normalized spacial score (nSPS) is 9.67. The van der Waals surface area contributed by atoms with E-state index < -0.39 is 0 Å². The molecule has 0 N–H and O–H groups in total. The first-order valence-electron chi connectivity index (χ1n) is 2.23. The molecule has 0 bridgehead atoms. The van der Waals surface area contributed by atoms with Gasteiger partial charge in [0, 0.05) is 10.7 Å². The average molecular weight is 455 g/mol. The minimum atomic E-state index is 1.21. The van der Waals surface area contributed by atoms with Gasteiger partial charge in [-0.3, -0.25) is 0 Å². The first-order valence-corrected chi connectivity index (χ1v) is 5.46. The molecule has 0 heterocycles. The molecule has 3 heteroatoms. The highest BCUT2D eigenvalue weighted by Crippen LogP contribution is 2.19. The van der Waals surface area contributed by atoms with Gasteiger partial charge >= 0.3 is 0 Å². The van der Waals surface area contributed by atoms with E-state index in [0.717, 1.165) is 0 Å². The fourth-order valence-corrected chi connectivity index (χ4v) is 2.20. The van der Waals surface area contributed by atoms with Crippen LogP contribution < -0.4 is 0 Å². The summed E-state index contributed by atoms with van der Waals surface area (Å²) in [6, 6.07) is 7.12. The van der Waals surface area contributed by atoms with E-state index in [1.54, 1.807) is 0 Å². The van der Waals surface area contributed by atoms with Crippen molar-refractivity contribution in [2.24, 2.45) is 0 Å². The summed E-state index contributed by atoms with van der Waals surface area (Å²) in [5, 5.41) is 0. The van der Waals surface area contributed by atoms with Crippen molar-refractivity contribution in [3.05, 3.63) is 28.9 Å². The monoisotopic (exact) mass is 455 g/mol. The summed E-state index contributed by atoms with van der Waals surface area (Å²) in [4.78, 5) is 0. The Kier molecular flexibility index (Phi) is 3.50. The summed E-state index contributed by atoms with van der Waals surface area (Å²) in [7, 11) is 0. The van der Waals surface area contributed by atoms with Gasteiger partial charge in [-0.25, -0.2) is 0 Å². The van der Waals surface area contributed by atoms with Gasteiger partial charge in [0.1, 0.15) is 0 Å². The second kappa shape index (κ2) is 3.70. The fraction of sp³-hybridized carbons (Fsp3) is 0. The predicted molar refractivity (Wildman–Crippen MR) is 63.4 cm³/mol. The molecular formula is C6H2I3. The van der Waals surface area contributed by atoms with Crippen molar-refractivity contribution in [2.75, 3.05) is 0 Å². The highest BCUT2D eigenvalue weighted by atomic mass is 127. The topological polar surface area (TPSA) is 0 Å². The van der Waals surface area contributed by atoms with Crippen LogP contribution in [-0.4, -0.2) is 0 Å². The molecule has 0 aliphatic heterocycles. The SMILES string of the molecule is Ic1[c]ccc(I)c1I. The molecule has 0 saturated carbocycles. The van der Waals surface area contributed by atoms with Gasteiger partial charge in [-0.15, -0.1) is 0 Å². The van der Waals surface area contributed by atoms with E-state index in [-0.39, 0.29) is 0 Å². The molecule has 0 nitrogen and oxygen atoms in total. The molecule has 0 amide bonds. The minimum absolute atomic E-state index is 1.21. The van der Waals surface area contributed by atoms with Crippen LogP contribution >= 0.6 is 67.8 Å². The van der Waals surface area contributed by atoms with Crippen LogP contribution in [0.2, 0.25) is 0 Å². The molecule has 0 unspecified atom stereocenters. The molecular weight excluding hydrogens is 453 g/mol. The first-order chi connectivity index (χ1) is 4.22. The lowest BCUT2D eigenvalue weighted by molar-refractivity contribution is 1.51. The molecule has 0 aliphatic carbocycles. The molecule has 0 spiro atoms. The maximum absolute atomic E-state index is 3.11. The highest BCUT2D eigenvalue weighted by molar-refractivity contribution is 14.1. The van der Waals surface area contributed by atoms with E-state index >= 15 is 0 Å². The van der Waals surface area contributed by atoms with Crippen LogP contribution in [0.5, 0.6) is 0 Å². The van der Waals surface area contributed by atoms with Gasteiger partial charge in [0.05, 0.1) is 0 Å². The van der Waals surface area contributed by atoms with Crippen LogP contribution in [0, 0.1) is 16.8 Å². The Morgan fingerprint density at radius 2 is 1.89 bits per heavy atom. The Morgan fingerprint density at radius 3 is 2.33 bits per heavy atom. The maximum atomic E-state index is 3.11. The molecule has 1 aromatic carbocycles. The van der Waals surface area contributed by atoms with Crippen molar-refractivity contribution in [2.45, 2.75) is 0 Å². The zero-order valence-corrected chi connectivity index (χ0v) is 10.8. The minimum Gasteiger partial charge on any atom is -0.0522 e. The molecule has 0 aliphatic rings. The zero-order chi connectivity index (χ0) is 6.85. The van der Waals surface area contributed by atoms with Crippen LogP contribution in [0.25, 0.3) is 0 Å². The van der Waals surface area contributed by atoms with E-state index in [0.29, 0.717) is 0 Å². The lowest BCUT2D eigenvalue weighted by Crippen LogP contribution is -1.82. The molecule has 0 atom stereocenters. The molecule has 0 aromatic heterocycles. The number of hydrogen-bond acceptors (Lipinski definition) is 0. The van der Waals surface area contributed by atoms with Gasteiger partial charge < -0.3 is 0 Å². The Bertz CT molecular complexity index is 199. The van der Waals surface area contributed by atoms with Gasteiger partial charge in [-0.05, 0) is 79.9 Å². The van der Waals surface area contributed by atoms with Crippen molar-refractivity contribution in [3.63, 3.8) is 0 Å². The first kappa shape index (κ1) is 8.51. The number of halogens is 3. The van der Waals surface area contributed by atoms with E-state index in [2.05, 4.69) is 79.9 Å². The second-order valence-corrected chi connectivity index (χ2v) is 4.77. The smallest absolute Gasteiger partial charge is 0.0403 e. The fourth-order valence-electron chi connectivity index (χ4n) is 0.429. The molecule has 47 valence electrons. The van der Waals surface area contributed by atoms with Crippen LogP contribution in [0.3, 0.4) is 0 Å². The number of hydrogen-bond donors (Lipinski definition) is 0. The summed E-state index contributed by atoms with van der Waals surface area (Å²) >= 11 is 6.92. The Balaban J connectivity index is 3.25. The molecule has 0 fully saturated rings. The Labute approximate surface area is 95.2 Å².